The maximum Gasteiger partial charge on any atom is 0.193 e. The van der Waals surface area contributed by atoms with Crippen LogP contribution in [-0.2, 0) is 0 Å². The van der Waals surface area contributed by atoms with Crippen LogP contribution in [0.5, 0.6) is 0 Å². The molecule has 1 aromatic heterocycles. The lowest BCUT2D eigenvalue weighted by molar-refractivity contribution is 0.188. The van der Waals surface area contributed by atoms with Crippen molar-refractivity contribution in [1.82, 2.24) is 19.8 Å². The van der Waals surface area contributed by atoms with Gasteiger partial charge in [0.2, 0.25) is 0 Å². The van der Waals surface area contributed by atoms with E-state index in [2.05, 4.69) is 39.8 Å². The molecule has 2 atom stereocenters. The quantitative estimate of drug-likeness (QED) is 0.453. The van der Waals surface area contributed by atoms with Crippen LogP contribution in [0.15, 0.2) is 23.7 Å². The van der Waals surface area contributed by atoms with E-state index in [9.17, 15) is 0 Å². The molecule has 0 spiro atoms. The van der Waals surface area contributed by atoms with Crippen LogP contribution in [0.4, 0.5) is 0 Å². The number of aromatic nitrogens is 2. The van der Waals surface area contributed by atoms with Crippen LogP contribution < -0.4 is 5.32 Å². The minimum Gasteiger partial charge on any atom is -0.357 e. The Morgan fingerprint density at radius 2 is 2.17 bits per heavy atom. The summed E-state index contributed by atoms with van der Waals surface area (Å²) in [6, 6.07) is 0.490. The van der Waals surface area contributed by atoms with Crippen LogP contribution in [0, 0.1) is 11.8 Å². The van der Waals surface area contributed by atoms with Crippen molar-refractivity contribution in [2.45, 2.75) is 45.6 Å². The summed E-state index contributed by atoms with van der Waals surface area (Å²) in [7, 11) is 0. The fourth-order valence-electron chi connectivity index (χ4n) is 3.41. The second-order valence-electron chi connectivity index (χ2n) is 6.78. The van der Waals surface area contributed by atoms with E-state index in [-0.39, 0.29) is 24.0 Å². The number of imidazole rings is 1. The van der Waals surface area contributed by atoms with Gasteiger partial charge in [-0.05, 0) is 38.0 Å². The first-order chi connectivity index (χ1) is 10.8. The molecule has 2 heterocycles. The van der Waals surface area contributed by atoms with Crippen molar-refractivity contribution < 1.29 is 0 Å². The van der Waals surface area contributed by atoms with Crippen LogP contribution in [0.2, 0.25) is 0 Å². The summed E-state index contributed by atoms with van der Waals surface area (Å²) >= 11 is 0. The van der Waals surface area contributed by atoms with E-state index < -0.39 is 0 Å². The van der Waals surface area contributed by atoms with Gasteiger partial charge in [-0.3, -0.25) is 4.99 Å². The van der Waals surface area contributed by atoms with Gasteiger partial charge in [0, 0.05) is 38.6 Å². The molecule has 3 rings (SSSR count). The van der Waals surface area contributed by atoms with Crippen molar-refractivity contribution >= 4 is 29.9 Å². The normalized spacial score (nSPS) is 25.7. The predicted octanol–water partition coefficient (Wildman–Crippen LogP) is 3.15. The second kappa shape index (κ2) is 8.89. The molecule has 0 amide bonds. The molecular weight excluding hydrogens is 401 g/mol. The number of rotatable bonds is 4. The zero-order chi connectivity index (χ0) is 15.4. The zero-order valence-corrected chi connectivity index (χ0v) is 16.6. The first kappa shape index (κ1) is 18.5. The van der Waals surface area contributed by atoms with Gasteiger partial charge in [-0.2, -0.15) is 0 Å². The van der Waals surface area contributed by atoms with Gasteiger partial charge in [0.1, 0.15) is 0 Å². The average Bonchev–Trinajstić information content (AvgIpc) is 2.99. The molecule has 1 saturated carbocycles. The van der Waals surface area contributed by atoms with Crippen LogP contribution >= 0.6 is 24.0 Å². The highest BCUT2D eigenvalue weighted by Crippen LogP contribution is 2.28. The van der Waals surface area contributed by atoms with Crippen molar-refractivity contribution in [3.63, 3.8) is 0 Å². The number of aliphatic imine (C=N–C) groups is 1. The standard InChI is InChI=1S/C17H29N5.HI/c1-3-19-17(20-11-15-5-4-6-15)21-9-7-14(2)16(12-21)22-10-8-18-13-22;/h8,10,13-16H,3-7,9,11-12H2,1-2H3,(H,19,20);1H. The topological polar surface area (TPSA) is 45.5 Å². The highest BCUT2D eigenvalue weighted by molar-refractivity contribution is 14.0. The van der Waals surface area contributed by atoms with Crippen LogP contribution in [-0.4, -0.2) is 46.6 Å². The van der Waals surface area contributed by atoms with Gasteiger partial charge in [-0.25, -0.2) is 4.98 Å². The summed E-state index contributed by atoms with van der Waals surface area (Å²) in [5.74, 6) is 2.60. The Labute approximate surface area is 157 Å². The van der Waals surface area contributed by atoms with E-state index in [1.165, 1.54) is 25.7 Å². The van der Waals surface area contributed by atoms with Gasteiger partial charge in [0.05, 0.1) is 12.4 Å². The Balaban J connectivity index is 0.00000192. The largest absolute Gasteiger partial charge is 0.357 e. The van der Waals surface area contributed by atoms with Gasteiger partial charge in [0.25, 0.3) is 0 Å². The molecule has 1 saturated heterocycles. The molecule has 0 radical (unpaired) electrons. The third-order valence-corrected chi connectivity index (χ3v) is 5.18. The van der Waals surface area contributed by atoms with E-state index in [4.69, 9.17) is 4.99 Å². The molecule has 1 aliphatic heterocycles. The molecule has 23 heavy (non-hydrogen) atoms. The van der Waals surface area contributed by atoms with E-state index in [0.717, 1.165) is 38.1 Å². The minimum atomic E-state index is 0. The molecule has 0 bridgehead atoms. The number of nitrogens with one attached hydrogen (secondary N) is 1. The Hall–Kier alpha value is -0.790. The zero-order valence-electron chi connectivity index (χ0n) is 14.3. The predicted molar refractivity (Wildman–Crippen MR) is 105 cm³/mol. The molecule has 130 valence electrons. The second-order valence-corrected chi connectivity index (χ2v) is 6.78. The van der Waals surface area contributed by atoms with Crippen LogP contribution in [0.3, 0.4) is 0 Å². The molecular formula is C17H30IN5. The van der Waals surface area contributed by atoms with Crippen molar-refractivity contribution in [3.05, 3.63) is 18.7 Å². The Kier molecular flexibility index (Phi) is 7.17. The molecule has 2 fully saturated rings. The van der Waals surface area contributed by atoms with E-state index in [1.807, 2.05) is 12.5 Å². The summed E-state index contributed by atoms with van der Waals surface area (Å²) in [4.78, 5) is 11.6. The third kappa shape index (κ3) is 4.61. The Bertz CT molecular complexity index is 483. The lowest BCUT2D eigenvalue weighted by Crippen LogP contribution is -2.49. The van der Waals surface area contributed by atoms with Gasteiger partial charge in [-0.1, -0.05) is 13.3 Å². The maximum atomic E-state index is 4.91. The van der Waals surface area contributed by atoms with Crippen LogP contribution in [0.25, 0.3) is 0 Å². The number of halogens is 1. The SMILES string of the molecule is CCNC(=NCC1CCC1)N1CCC(C)C(n2ccnc2)C1.I. The van der Waals surface area contributed by atoms with Crippen molar-refractivity contribution in [2.24, 2.45) is 16.8 Å². The highest BCUT2D eigenvalue weighted by atomic mass is 127. The van der Waals surface area contributed by atoms with Crippen molar-refractivity contribution in [3.8, 4) is 0 Å². The molecule has 5 nitrogen and oxygen atoms in total. The number of nitrogens with zero attached hydrogens (tertiary/aromatic N) is 4. The van der Waals surface area contributed by atoms with Crippen LogP contribution in [0.1, 0.15) is 45.6 Å². The fraction of sp³-hybridized carbons (Fsp3) is 0.765. The lowest BCUT2D eigenvalue weighted by Gasteiger charge is -2.39. The molecule has 2 aliphatic rings. The number of guanidine groups is 1. The third-order valence-electron chi connectivity index (χ3n) is 5.18. The smallest absolute Gasteiger partial charge is 0.193 e. The Morgan fingerprint density at radius 1 is 1.35 bits per heavy atom. The average molecular weight is 431 g/mol. The Morgan fingerprint density at radius 3 is 2.78 bits per heavy atom. The molecule has 2 unspecified atom stereocenters. The summed E-state index contributed by atoms with van der Waals surface area (Å²) in [6.07, 6.45) is 11.2. The highest BCUT2D eigenvalue weighted by Gasteiger charge is 2.29. The number of hydrogen-bond acceptors (Lipinski definition) is 2. The monoisotopic (exact) mass is 431 g/mol. The summed E-state index contributed by atoms with van der Waals surface area (Å²) in [6.45, 7) is 8.55. The molecule has 1 aliphatic carbocycles. The van der Waals surface area contributed by atoms with Crippen molar-refractivity contribution in [2.75, 3.05) is 26.2 Å². The molecule has 1 N–H and O–H groups in total. The van der Waals surface area contributed by atoms with E-state index in [1.54, 1.807) is 0 Å². The number of likely N-dealkylation sites (tertiary alicyclic amines) is 1. The molecule has 6 heteroatoms. The number of piperidine rings is 1. The van der Waals surface area contributed by atoms with Gasteiger partial charge in [0.15, 0.2) is 5.96 Å². The first-order valence-electron chi connectivity index (χ1n) is 8.78. The first-order valence-corrected chi connectivity index (χ1v) is 8.78. The molecule has 1 aromatic rings. The molecule has 0 aromatic carbocycles. The van der Waals surface area contributed by atoms with Gasteiger partial charge < -0.3 is 14.8 Å². The number of hydrogen-bond donors (Lipinski definition) is 1. The summed E-state index contributed by atoms with van der Waals surface area (Å²) in [5, 5.41) is 3.49. The van der Waals surface area contributed by atoms with E-state index >= 15 is 0 Å². The van der Waals surface area contributed by atoms with Gasteiger partial charge >= 0.3 is 0 Å². The van der Waals surface area contributed by atoms with E-state index in [0.29, 0.717) is 12.0 Å². The van der Waals surface area contributed by atoms with Gasteiger partial charge in [-0.15, -0.1) is 24.0 Å². The summed E-state index contributed by atoms with van der Waals surface area (Å²) < 4.78 is 2.26. The lowest BCUT2D eigenvalue weighted by atomic mass is 9.86. The fourth-order valence-corrected chi connectivity index (χ4v) is 3.41. The minimum absolute atomic E-state index is 0. The summed E-state index contributed by atoms with van der Waals surface area (Å²) in [5.41, 5.74) is 0. The van der Waals surface area contributed by atoms with Crippen molar-refractivity contribution in [1.29, 1.82) is 0 Å². The maximum absolute atomic E-state index is 4.91.